The van der Waals surface area contributed by atoms with E-state index in [1.807, 2.05) is 35.7 Å². The van der Waals surface area contributed by atoms with E-state index in [0.717, 1.165) is 11.1 Å². The molecule has 23 heavy (non-hydrogen) atoms. The summed E-state index contributed by atoms with van der Waals surface area (Å²) in [6.45, 7) is 0. The topological polar surface area (TPSA) is 108 Å². The smallest absolute Gasteiger partial charge is 0.237 e. The second kappa shape index (κ2) is 6.49. The molecule has 0 saturated carbocycles. The Labute approximate surface area is 137 Å². The maximum absolute atomic E-state index is 12.3. The van der Waals surface area contributed by atoms with Gasteiger partial charge in [0.1, 0.15) is 11.8 Å². The summed E-state index contributed by atoms with van der Waals surface area (Å²) in [6, 6.07) is 9.94. The Bertz CT molecular complexity index is 729. The molecule has 0 aliphatic heterocycles. The van der Waals surface area contributed by atoms with Gasteiger partial charge in [0.15, 0.2) is 0 Å². The SMILES string of the molecule is N[C@@H](Cc1ccccc1)C(=O)N[C@@H]1c2ccsc2/C(=N/O)[C@@H]1O. The van der Waals surface area contributed by atoms with Crippen LogP contribution in [-0.4, -0.2) is 34.1 Å². The molecular weight excluding hydrogens is 314 g/mol. The lowest BCUT2D eigenvalue weighted by molar-refractivity contribution is -0.123. The first-order chi connectivity index (χ1) is 11.1. The second-order valence-corrected chi connectivity index (χ2v) is 6.33. The number of aliphatic hydroxyl groups excluding tert-OH is 1. The third kappa shape index (κ3) is 2.98. The van der Waals surface area contributed by atoms with E-state index < -0.39 is 18.2 Å². The number of hydrogen-bond donors (Lipinski definition) is 4. The first kappa shape index (κ1) is 15.7. The number of rotatable bonds is 4. The van der Waals surface area contributed by atoms with E-state index in [1.165, 1.54) is 11.3 Å². The minimum atomic E-state index is -1.07. The Balaban J connectivity index is 1.71. The summed E-state index contributed by atoms with van der Waals surface area (Å²) in [5.74, 6) is -0.353. The van der Waals surface area contributed by atoms with Crippen LogP contribution in [0.2, 0.25) is 0 Å². The molecule has 1 aromatic heterocycles. The monoisotopic (exact) mass is 331 g/mol. The highest BCUT2D eigenvalue weighted by molar-refractivity contribution is 7.12. The Kier molecular flexibility index (Phi) is 4.42. The zero-order valence-corrected chi connectivity index (χ0v) is 13.0. The molecule has 120 valence electrons. The number of hydrogen-bond acceptors (Lipinski definition) is 6. The molecule has 0 bridgehead atoms. The third-order valence-corrected chi connectivity index (χ3v) is 4.85. The summed E-state index contributed by atoms with van der Waals surface area (Å²) in [4.78, 5) is 13.0. The predicted molar refractivity (Wildman–Crippen MR) is 87.7 cm³/mol. The molecule has 5 N–H and O–H groups in total. The number of nitrogens with one attached hydrogen (secondary N) is 1. The van der Waals surface area contributed by atoms with Crippen LogP contribution in [0.5, 0.6) is 0 Å². The van der Waals surface area contributed by atoms with Crippen molar-refractivity contribution >= 4 is 23.0 Å². The number of amides is 1. The van der Waals surface area contributed by atoms with Crippen LogP contribution in [0, 0.1) is 0 Å². The van der Waals surface area contributed by atoms with Gasteiger partial charge in [-0.25, -0.2) is 0 Å². The molecule has 3 atom stereocenters. The van der Waals surface area contributed by atoms with Crippen molar-refractivity contribution in [2.45, 2.75) is 24.6 Å². The predicted octanol–water partition coefficient (Wildman–Crippen LogP) is 1.03. The molecule has 0 saturated heterocycles. The number of carbonyl (C=O) groups is 1. The molecule has 1 amide bonds. The van der Waals surface area contributed by atoms with Crippen molar-refractivity contribution < 1.29 is 15.1 Å². The number of carbonyl (C=O) groups excluding carboxylic acids is 1. The summed E-state index contributed by atoms with van der Waals surface area (Å²) >= 11 is 1.36. The number of fused-ring (bicyclic) bond motifs is 1. The van der Waals surface area contributed by atoms with Gasteiger partial charge < -0.3 is 21.4 Å². The van der Waals surface area contributed by atoms with Gasteiger partial charge in [0.2, 0.25) is 5.91 Å². The van der Waals surface area contributed by atoms with Crippen LogP contribution >= 0.6 is 11.3 Å². The highest BCUT2D eigenvalue weighted by Crippen LogP contribution is 2.35. The lowest BCUT2D eigenvalue weighted by Gasteiger charge is -2.20. The molecule has 1 aliphatic rings. The van der Waals surface area contributed by atoms with Crippen LogP contribution in [0.3, 0.4) is 0 Å². The molecule has 3 rings (SSSR count). The molecule has 1 heterocycles. The van der Waals surface area contributed by atoms with Crippen LogP contribution in [0.1, 0.15) is 22.0 Å². The Morgan fingerprint density at radius 3 is 2.78 bits per heavy atom. The standard InChI is InChI=1S/C16H17N3O3S/c17-11(8-9-4-2-1-3-5-9)16(21)18-12-10-6-7-23-15(10)13(19-22)14(12)20/h1-7,11-12,14,20,22H,8,17H2,(H,18,21)/b19-13+/t11-,12+,14+/m0/s1. The average molecular weight is 331 g/mol. The molecule has 0 spiro atoms. The van der Waals surface area contributed by atoms with Crippen molar-refractivity contribution in [3.8, 4) is 0 Å². The lowest BCUT2D eigenvalue weighted by atomic mass is 10.0. The van der Waals surface area contributed by atoms with Gasteiger partial charge in [0.05, 0.1) is 17.0 Å². The average Bonchev–Trinajstić information content (AvgIpc) is 3.11. The van der Waals surface area contributed by atoms with Crippen molar-refractivity contribution in [1.82, 2.24) is 5.32 Å². The van der Waals surface area contributed by atoms with E-state index in [-0.39, 0.29) is 11.6 Å². The summed E-state index contributed by atoms with van der Waals surface area (Å²) in [7, 11) is 0. The summed E-state index contributed by atoms with van der Waals surface area (Å²) in [6.07, 6.45) is -0.664. The van der Waals surface area contributed by atoms with Crippen molar-refractivity contribution in [1.29, 1.82) is 0 Å². The van der Waals surface area contributed by atoms with Gasteiger partial charge in [-0.15, -0.1) is 11.3 Å². The lowest BCUT2D eigenvalue weighted by Crippen LogP contribution is -2.46. The largest absolute Gasteiger partial charge is 0.411 e. The molecule has 0 fully saturated rings. The van der Waals surface area contributed by atoms with E-state index in [0.29, 0.717) is 11.3 Å². The molecule has 6 nitrogen and oxygen atoms in total. The zero-order valence-electron chi connectivity index (χ0n) is 12.2. The van der Waals surface area contributed by atoms with Crippen LogP contribution in [0.4, 0.5) is 0 Å². The van der Waals surface area contributed by atoms with Gasteiger partial charge in [-0.05, 0) is 29.0 Å². The molecule has 1 aromatic carbocycles. The fraction of sp³-hybridized carbons (Fsp3) is 0.250. The van der Waals surface area contributed by atoms with Crippen molar-refractivity contribution in [3.05, 3.63) is 57.8 Å². The normalized spacial score (nSPS) is 22.8. The van der Waals surface area contributed by atoms with E-state index in [9.17, 15) is 9.90 Å². The van der Waals surface area contributed by atoms with Crippen molar-refractivity contribution in [3.63, 3.8) is 0 Å². The maximum Gasteiger partial charge on any atom is 0.237 e. The molecule has 2 aromatic rings. The van der Waals surface area contributed by atoms with Gasteiger partial charge >= 0.3 is 0 Å². The first-order valence-corrected chi connectivity index (χ1v) is 8.07. The number of nitrogens with two attached hydrogens (primary N) is 1. The van der Waals surface area contributed by atoms with Gasteiger partial charge in [-0.3, -0.25) is 4.79 Å². The number of benzene rings is 1. The molecule has 0 radical (unpaired) electrons. The fourth-order valence-corrected chi connectivity index (χ4v) is 3.68. The van der Waals surface area contributed by atoms with Crippen LogP contribution in [0.15, 0.2) is 46.9 Å². The van der Waals surface area contributed by atoms with Gasteiger partial charge in [-0.1, -0.05) is 35.5 Å². The van der Waals surface area contributed by atoms with Gasteiger partial charge in [-0.2, -0.15) is 0 Å². The fourth-order valence-electron chi connectivity index (χ4n) is 2.72. The number of nitrogens with zero attached hydrogens (tertiary/aromatic N) is 1. The van der Waals surface area contributed by atoms with Gasteiger partial charge in [0.25, 0.3) is 0 Å². The Morgan fingerprint density at radius 2 is 2.09 bits per heavy atom. The molecular formula is C16H17N3O3S. The highest BCUT2D eigenvalue weighted by atomic mass is 32.1. The molecule has 7 heteroatoms. The van der Waals surface area contributed by atoms with Crippen molar-refractivity contribution in [2.75, 3.05) is 0 Å². The second-order valence-electron chi connectivity index (χ2n) is 5.42. The first-order valence-electron chi connectivity index (χ1n) is 7.19. The third-order valence-electron chi connectivity index (χ3n) is 3.90. The van der Waals surface area contributed by atoms with E-state index in [4.69, 9.17) is 10.9 Å². The van der Waals surface area contributed by atoms with Gasteiger partial charge in [0, 0.05) is 0 Å². The maximum atomic E-state index is 12.3. The van der Waals surface area contributed by atoms with Crippen LogP contribution in [-0.2, 0) is 11.2 Å². The van der Waals surface area contributed by atoms with E-state index in [2.05, 4.69) is 10.5 Å². The number of thiophene rings is 1. The minimum absolute atomic E-state index is 0.178. The van der Waals surface area contributed by atoms with Crippen LogP contribution in [0.25, 0.3) is 0 Å². The quantitative estimate of drug-likeness (QED) is 0.496. The Hall–Kier alpha value is -2.22. The zero-order chi connectivity index (χ0) is 16.4. The minimum Gasteiger partial charge on any atom is -0.411 e. The van der Waals surface area contributed by atoms with E-state index >= 15 is 0 Å². The van der Waals surface area contributed by atoms with Crippen LogP contribution < -0.4 is 11.1 Å². The number of oxime groups is 1. The van der Waals surface area contributed by atoms with Crippen molar-refractivity contribution in [2.24, 2.45) is 10.9 Å². The highest BCUT2D eigenvalue weighted by Gasteiger charge is 2.39. The Morgan fingerprint density at radius 1 is 1.35 bits per heavy atom. The van der Waals surface area contributed by atoms with E-state index in [1.54, 1.807) is 6.07 Å². The summed E-state index contributed by atoms with van der Waals surface area (Å²) < 4.78 is 0. The summed E-state index contributed by atoms with van der Waals surface area (Å²) in [5.41, 5.74) is 7.86. The number of aliphatic hydroxyl groups is 1. The molecule has 1 aliphatic carbocycles. The molecule has 0 unspecified atom stereocenters. The summed E-state index contributed by atoms with van der Waals surface area (Å²) in [5, 5.41) is 27.0.